The summed E-state index contributed by atoms with van der Waals surface area (Å²) in [6.07, 6.45) is 4.90. The minimum absolute atomic E-state index is 0.428. The van der Waals surface area contributed by atoms with Crippen LogP contribution in [0.3, 0.4) is 0 Å². The van der Waals surface area contributed by atoms with Gasteiger partial charge >= 0.3 is 0 Å². The number of alkyl halides is 1. The summed E-state index contributed by atoms with van der Waals surface area (Å²) in [6, 6.07) is 9.13. The van der Waals surface area contributed by atoms with Crippen LogP contribution in [0, 0.1) is 11.3 Å². The molecule has 0 aliphatic carbocycles. The Bertz CT molecular complexity index is 358. The van der Waals surface area contributed by atoms with E-state index in [1.165, 1.54) is 36.8 Å². The van der Waals surface area contributed by atoms with Gasteiger partial charge in [0.2, 0.25) is 0 Å². The van der Waals surface area contributed by atoms with Crippen LogP contribution >= 0.6 is 15.9 Å². The van der Waals surface area contributed by atoms with Crippen molar-refractivity contribution in [2.45, 2.75) is 65.1 Å². The molecule has 0 spiro atoms. The quantitative estimate of drug-likeness (QED) is 0.521. The maximum Gasteiger partial charge on any atom is 0.0397 e. The van der Waals surface area contributed by atoms with Crippen molar-refractivity contribution in [1.82, 2.24) is 0 Å². The average molecular weight is 325 g/mol. The van der Waals surface area contributed by atoms with E-state index in [-0.39, 0.29) is 0 Å². The molecule has 0 nitrogen and oxygen atoms in total. The van der Waals surface area contributed by atoms with Crippen molar-refractivity contribution in [3.63, 3.8) is 0 Å². The summed E-state index contributed by atoms with van der Waals surface area (Å²) in [7, 11) is 0. The lowest BCUT2D eigenvalue weighted by Gasteiger charge is -2.25. The molecule has 19 heavy (non-hydrogen) atoms. The molecule has 0 aliphatic heterocycles. The molecule has 0 saturated carbocycles. The molecule has 0 aliphatic rings. The molecule has 1 aromatic rings. The van der Waals surface area contributed by atoms with Crippen LogP contribution in [0.4, 0.5) is 0 Å². The molecule has 1 rings (SSSR count). The molecule has 0 amide bonds. The van der Waals surface area contributed by atoms with Gasteiger partial charge in [-0.05, 0) is 41.7 Å². The lowest BCUT2D eigenvalue weighted by Crippen LogP contribution is -2.12. The third-order valence-electron chi connectivity index (χ3n) is 3.45. The van der Waals surface area contributed by atoms with E-state index >= 15 is 0 Å². The van der Waals surface area contributed by atoms with Crippen molar-refractivity contribution in [2.75, 3.05) is 0 Å². The Morgan fingerprint density at radius 1 is 1.11 bits per heavy atom. The van der Waals surface area contributed by atoms with E-state index in [4.69, 9.17) is 0 Å². The van der Waals surface area contributed by atoms with Gasteiger partial charge in [-0.2, -0.15) is 0 Å². The number of benzene rings is 1. The summed E-state index contributed by atoms with van der Waals surface area (Å²) in [5.41, 5.74) is 3.30. The number of halogens is 1. The monoisotopic (exact) mass is 324 g/mol. The van der Waals surface area contributed by atoms with Crippen molar-refractivity contribution in [1.29, 1.82) is 0 Å². The highest BCUT2D eigenvalue weighted by Gasteiger charge is 2.18. The van der Waals surface area contributed by atoms with E-state index in [9.17, 15) is 0 Å². The van der Waals surface area contributed by atoms with Crippen molar-refractivity contribution in [3.05, 3.63) is 35.4 Å². The highest BCUT2D eigenvalue weighted by Crippen LogP contribution is 2.34. The van der Waals surface area contributed by atoms with Crippen LogP contribution in [0.15, 0.2) is 24.3 Å². The lowest BCUT2D eigenvalue weighted by atomic mass is 9.83. The van der Waals surface area contributed by atoms with Gasteiger partial charge in [0.05, 0.1) is 0 Å². The zero-order valence-electron chi connectivity index (χ0n) is 13.2. The first-order valence-corrected chi connectivity index (χ1v) is 8.46. The Morgan fingerprint density at radius 3 is 2.16 bits per heavy atom. The molecular weight excluding hydrogens is 296 g/mol. The van der Waals surface area contributed by atoms with Crippen LogP contribution in [0.1, 0.15) is 69.8 Å². The first-order chi connectivity index (χ1) is 8.81. The molecule has 1 heteroatoms. The van der Waals surface area contributed by atoms with Gasteiger partial charge in [-0.25, -0.2) is 0 Å². The topological polar surface area (TPSA) is 0 Å². The SMILES string of the molecule is CCCc1ccc(C(Br)CC(C)CC(C)(C)C)cc1. The van der Waals surface area contributed by atoms with E-state index in [0.29, 0.717) is 10.2 Å². The summed E-state index contributed by atoms with van der Waals surface area (Å²) in [6.45, 7) is 11.6. The number of hydrogen-bond acceptors (Lipinski definition) is 0. The van der Waals surface area contributed by atoms with E-state index < -0.39 is 0 Å². The Balaban J connectivity index is 2.55. The first-order valence-electron chi connectivity index (χ1n) is 7.54. The fourth-order valence-corrected chi connectivity index (χ4v) is 3.74. The zero-order valence-corrected chi connectivity index (χ0v) is 14.8. The smallest absolute Gasteiger partial charge is 0.0397 e. The lowest BCUT2D eigenvalue weighted by molar-refractivity contribution is 0.296. The largest absolute Gasteiger partial charge is 0.0839 e. The highest BCUT2D eigenvalue weighted by atomic mass is 79.9. The van der Waals surface area contributed by atoms with Crippen LogP contribution in [0.25, 0.3) is 0 Å². The van der Waals surface area contributed by atoms with Gasteiger partial charge in [0.15, 0.2) is 0 Å². The van der Waals surface area contributed by atoms with E-state index in [1.807, 2.05) is 0 Å². The molecule has 108 valence electrons. The Morgan fingerprint density at radius 2 is 1.68 bits per heavy atom. The molecule has 0 fully saturated rings. The molecule has 0 saturated heterocycles. The first kappa shape index (κ1) is 16.8. The van der Waals surface area contributed by atoms with Gasteiger partial charge in [0.1, 0.15) is 0 Å². The fourth-order valence-electron chi connectivity index (χ4n) is 2.80. The zero-order chi connectivity index (χ0) is 14.5. The predicted octanol–water partition coefficient (Wildman–Crippen LogP) is 6.54. The number of rotatable bonds is 6. The standard InChI is InChI=1S/C18H29Br/c1-6-7-15-8-10-16(11-9-15)17(19)12-14(2)13-18(3,4)5/h8-11,14,17H,6-7,12-13H2,1-5H3. The molecule has 0 radical (unpaired) electrons. The second-order valence-electron chi connectivity index (χ2n) is 7.06. The third kappa shape index (κ3) is 6.61. The number of hydrogen-bond donors (Lipinski definition) is 0. The molecule has 0 N–H and O–H groups in total. The van der Waals surface area contributed by atoms with E-state index in [2.05, 4.69) is 74.8 Å². The predicted molar refractivity (Wildman–Crippen MR) is 90.0 cm³/mol. The second-order valence-corrected chi connectivity index (χ2v) is 8.17. The van der Waals surface area contributed by atoms with Gasteiger partial charge in [0.25, 0.3) is 0 Å². The van der Waals surface area contributed by atoms with E-state index in [1.54, 1.807) is 0 Å². The third-order valence-corrected chi connectivity index (χ3v) is 4.35. The summed E-state index contributed by atoms with van der Waals surface area (Å²) in [5.74, 6) is 0.750. The molecule has 0 heterocycles. The Hall–Kier alpha value is -0.300. The van der Waals surface area contributed by atoms with Crippen molar-refractivity contribution < 1.29 is 0 Å². The van der Waals surface area contributed by atoms with Crippen molar-refractivity contribution >= 4 is 15.9 Å². The fraction of sp³-hybridized carbons (Fsp3) is 0.667. The van der Waals surface area contributed by atoms with Crippen molar-refractivity contribution in [2.24, 2.45) is 11.3 Å². The molecular formula is C18H29Br. The van der Waals surface area contributed by atoms with Gasteiger partial charge in [0, 0.05) is 4.83 Å². The normalized spacial score (nSPS) is 15.3. The minimum atomic E-state index is 0.428. The summed E-state index contributed by atoms with van der Waals surface area (Å²) in [4.78, 5) is 0.487. The Labute approximate surface area is 128 Å². The van der Waals surface area contributed by atoms with Crippen LogP contribution in [-0.4, -0.2) is 0 Å². The van der Waals surface area contributed by atoms with Gasteiger partial charge in [-0.1, -0.05) is 81.2 Å². The molecule has 2 atom stereocenters. The summed E-state index contributed by atoms with van der Waals surface area (Å²) in [5, 5.41) is 0. The molecule has 0 aromatic heterocycles. The van der Waals surface area contributed by atoms with Crippen LogP contribution in [0.2, 0.25) is 0 Å². The average Bonchev–Trinajstić information content (AvgIpc) is 2.27. The highest BCUT2D eigenvalue weighted by molar-refractivity contribution is 9.09. The van der Waals surface area contributed by atoms with Crippen LogP contribution in [-0.2, 0) is 6.42 Å². The minimum Gasteiger partial charge on any atom is -0.0839 e. The maximum atomic E-state index is 3.86. The summed E-state index contributed by atoms with van der Waals surface area (Å²) >= 11 is 3.86. The second kappa shape index (κ2) is 7.47. The van der Waals surface area contributed by atoms with Crippen molar-refractivity contribution in [3.8, 4) is 0 Å². The maximum absolute atomic E-state index is 3.86. The van der Waals surface area contributed by atoms with Crippen LogP contribution in [0.5, 0.6) is 0 Å². The van der Waals surface area contributed by atoms with Gasteiger partial charge < -0.3 is 0 Å². The molecule has 2 unspecified atom stereocenters. The van der Waals surface area contributed by atoms with Gasteiger partial charge in [-0.15, -0.1) is 0 Å². The summed E-state index contributed by atoms with van der Waals surface area (Å²) < 4.78 is 0. The van der Waals surface area contributed by atoms with Gasteiger partial charge in [-0.3, -0.25) is 0 Å². The Kier molecular flexibility index (Phi) is 6.59. The molecule has 1 aromatic carbocycles. The number of aryl methyl sites for hydroxylation is 1. The van der Waals surface area contributed by atoms with E-state index in [0.717, 1.165) is 5.92 Å². The van der Waals surface area contributed by atoms with Crippen LogP contribution < -0.4 is 0 Å². The molecule has 0 bridgehead atoms.